The van der Waals surface area contributed by atoms with Crippen molar-refractivity contribution in [2.45, 2.75) is 51.4 Å². The van der Waals surface area contributed by atoms with Crippen LogP contribution < -0.4 is 0 Å². The van der Waals surface area contributed by atoms with Crippen LogP contribution in [0.5, 0.6) is 0 Å². The SMILES string of the molecule is C=CC1CCC(c2ccc(-c3ccc(-c4ccc(C/C=C\CC)c(F)c4F)cc3)c(F)c2F)CC1. The van der Waals surface area contributed by atoms with Crippen LogP contribution in [0.1, 0.15) is 56.1 Å². The third kappa shape index (κ3) is 5.27. The standard InChI is InChI=1S/C31H30F4/c1-3-5-6-7-24-16-17-25(29(33)28(24)32)22-12-14-23(15-13-22)27-19-18-26(30(34)31(27)35)21-10-8-20(4-2)9-11-21/h4-6,12-21H,2-3,7-11H2,1H3/b6-5-. The van der Waals surface area contributed by atoms with Crippen LogP contribution in [0.2, 0.25) is 0 Å². The number of hydrogen-bond acceptors (Lipinski definition) is 0. The average Bonchev–Trinajstić information content (AvgIpc) is 2.89. The fourth-order valence-corrected chi connectivity index (χ4v) is 4.94. The van der Waals surface area contributed by atoms with Crippen LogP contribution >= 0.6 is 0 Å². The zero-order valence-electron chi connectivity index (χ0n) is 20.0. The van der Waals surface area contributed by atoms with E-state index in [2.05, 4.69) is 6.58 Å². The van der Waals surface area contributed by atoms with Gasteiger partial charge in [0.15, 0.2) is 23.3 Å². The van der Waals surface area contributed by atoms with Gasteiger partial charge in [0, 0.05) is 11.1 Å². The maximum Gasteiger partial charge on any atom is 0.166 e. The monoisotopic (exact) mass is 478 g/mol. The lowest BCUT2D eigenvalue weighted by atomic mass is 9.78. The van der Waals surface area contributed by atoms with Crippen molar-refractivity contribution in [1.82, 2.24) is 0 Å². The third-order valence-electron chi connectivity index (χ3n) is 7.07. The molecule has 0 atom stereocenters. The number of rotatable bonds is 7. The van der Waals surface area contributed by atoms with Gasteiger partial charge < -0.3 is 0 Å². The molecule has 1 fully saturated rings. The Hall–Kier alpha value is -3.14. The molecule has 35 heavy (non-hydrogen) atoms. The minimum atomic E-state index is -0.909. The molecule has 1 aliphatic carbocycles. The van der Waals surface area contributed by atoms with E-state index in [0.29, 0.717) is 34.6 Å². The topological polar surface area (TPSA) is 0 Å². The summed E-state index contributed by atoms with van der Waals surface area (Å²) in [5.74, 6) is -2.98. The molecule has 0 nitrogen and oxygen atoms in total. The Morgan fingerprint density at radius 2 is 1.29 bits per heavy atom. The molecule has 0 bridgehead atoms. The maximum absolute atomic E-state index is 15.1. The minimum absolute atomic E-state index is 0.00966. The van der Waals surface area contributed by atoms with Gasteiger partial charge in [-0.15, -0.1) is 6.58 Å². The van der Waals surface area contributed by atoms with Gasteiger partial charge in [0.05, 0.1) is 0 Å². The molecule has 4 rings (SSSR count). The van der Waals surface area contributed by atoms with Crippen LogP contribution in [0.4, 0.5) is 17.6 Å². The second-order valence-electron chi connectivity index (χ2n) is 9.24. The van der Waals surface area contributed by atoms with Crippen molar-refractivity contribution in [2.75, 3.05) is 0 Å². The highest BCUT2D eigenvalue weighted by Gasteiger charge is 2.25. The molecule has 3 aromatic carbocycles. The summed E-state index contributed by atoms with van der Waals surface area (Å²) >= 11 is 0. The maximum atomic E-state index is 15.1. The summed E-state index contributed by atoms with van der Waals surface area (Å²) in [4.78, 5) is 0. The van der Waals surface area contributed by atoms with Gasteiger partial charge in [-0.2, -0.15) is 0 Å². The fraction of sp³-hybridized carbons (Fsp3) is 0.290. The van der Waals surface area contributed by atoms with Crippen molar-refractivity contribution >= 4 is 0 Å². The quantitative estimate of drug-likeness (QED) is 0.234. The molecule has 3 aromatic rings. The molecule has 1 aliphatic rings. The van der Waals surface area contributed by atoms with E-state index in [1.807, 2.05) is 25.2 Å². The van der Waals surface area contributed by atoms with E-state index in [-0.39, 0.29) is 17.0 Å². The van der Waals surface area contributed by atoms with E-state index in [0.717, 1.165) is 32.1 Å². The largest absolute Gasteiger partial charge is 0.203 e. The Balaban J connectivity index is 1.56. The molecule has 0 saturated heterocycles. The molecule has 0 aromatic heterocycles. The number of hydrogen-bond donors (Lipinski definition) is 0. The number of halogens is 4. The molecular formula is C31H30F4. The first kappa shape index (κ1) is 25.0. The summed E-state index contributed by atoms with van der Waals surface area (Å²) in [6, 6.07) is 12.9. The zero-order valence-corrected chi connectivity index (χ0v) is 20.0. The molecule has 0 heterocycles. The van der Waals surface area contributed by atoms with Gasteiger partial charge in [-0.25, -0.2) is 17.6 Å². The lowest BCUT2D eigenvalue weighted by Crippen LogP contribution is -2.13. The summed E-state index contributed by atoms with van der Waals surface area (Å²) in [6.45, 7) is 5.81. The fourth-order valence-electron chi connectivity index (χ4n) is 4.94. The summed E-state index contributed by atoms with van der Waals surface area (Å²) in [5, 5.41) is 0. The molecule has 0 N–H and O–H groups in total. The molecule has 0 aliphatic heterocycles. The Morgan fingerprint density at radius 1 is 0.714 bits per heavy atom. The summed E-state index contributed by atoms with van der Waals surface area (Å²) in [5.41, 5.74) is 1.96. The Morgan fingerprint density at radius 3 is 1.86 bits per heavy atom. The average molecular weight is 479 g/mol. The van der Waals surface area contributed by atoms with Gasteiger partial charge in [0.25, 0.3) is 0 Å². The van der Waals surface area contributed by atoms with E-state index in [1.54, 1.807) is 48.5 Å². The molecule has 1 saturated carbocycles. The first-order valence-electron chi connectivity index (χ1n) is 12.3. The highest BCUT2D eigenvalue weighted by Crippen LogP contribution is 2.39. The Kier molecular flexibility index (Phi) is 7.90. The molecule has 0 radical (unpaired) electrons. The van der Waals surface area contributed by atoms with Gasteiger partial charge in [0.1, 0.15) is 0 Å². The van der Waals surface area contributed by atoms with Gasteiger partial charge in [-0.3, -0.25) is 0 Å². The smallest absolute Gasteiger partial charge is 0.166 e. The van der Waals surface area contributed by atoms with Crippen LogP contribution in [-0.4, -0.2) is 0 Å². The van der Waals surface area contributed by atoms with E-state index in [4.69, 9.17) is 0 Å². The van der Waals surface area contributed by atoms with E-state index in [9.17, 15) is 8.78 Å². The van der Waals surface area contributed by atoms with Crippen LogP contribution in [0.15, 0.2) is 73.3 Å². The van der Waals surface area contributed by atoms with Crippen molar-refractivity contribution < 1.29 is 17.6 Å². The van der Waals surface area contributed by atoms with E-state index < -0.39 is 23.3 Å². The summed E-state index contributed by atoms with van der Waals surface area (Å²) < 4.78 is 59.4. The van der Waals surface area contributed by atoms with Crippen molar-refractivity contribution in [3.8, 4) is 22.3 Å². The first-order chi connectivity index (χ1) is 16.9. The normalized spacial score (nSPS) is 18.2. The molecule has 4 heteroatoms. The summed E-state index contributed by atoms with van der Waals surface area (Å²) in [7, 11) is 0. The lowest BCUT2D eigenvalue weighted by Gasteiger charge is -2.27. The molecule has 0 amide bonds. The van der Waals surface area contributed by atoms with Gasteiger partial charge in [0.2, 0.25) is 0 Å². The highest BCUT2D eigenvalue weighted by atomic mass is 19.2. The minimum Gasteiger partial charge on any atom is -0.203 e. The van der Waals surface area contributed by atoms with Crippen molar-refractivity contribution in [2.24, 2.45) is 5.92 Å². The lowest BCUT2D eigenvalue weighted by molar-refractivity contribution is 0.364. The highest BCUT2D eigenvalue weighted by molar-refractivity contribution is 5.71. The van der Waals surface area contributed by atoms with Gasteiger partial charge >= 0.3 is 0 Å². The van der Waals surface area contributed by atoms with Gasteiger partial charge in [-0.05, 0) is 72.6 Å². The Labute approximate surface area is 205 Å². The predicted molar refractivity (Wildman–Crippen MR) is 135 cm³/mol. The molecular weight excluding hydrogens is 448 g/mol. The second kappa shape index (κ2) is 11.1. The Bertz CT molecular complexity index is 1220. The number of benzene rings is 3. The van der Waals surface area contributed by atoms with E-state index in [1.165, 1.54) is 0 Å². The summed E-state index contributed by atoms with van der Waals surface area (Å²) in [6.07, 6.45) is 10.3. The number of allylic oxidation sites excluding steroid dienone is 3. The third-order valence-corrected chi connectivity index (χ3v) is 7.07. The van der Waals surface area contributed by atoms with Crippen LogP contribution in [0.3, 0.4) is 0 Å². The predicted octanol–water partition coefficient (Wildman–Crippen LogP) is 9.55. The van der Waals surface area contributed by atoms with Crippen LogP contribution in [0.25, 0.3) is 22.3 Å². The van der Waals surface area contributed by atoms with Crippen LogP contribution in [0, 0.1) is 29.2 Å². The van der Waals surface area contributed by atoms with Crippen molar-refractivity contribution in [3.05, 3.63) is 108 Å². The zero-order chi connectivity index (χ0) is 24.9. The molecule has 182 valence electrons. The van der Waals surface area contributed by atoms with Crippen LogP contribution in [-0.2, 0) is 6.42 Å². The van der Waals surface area contributed by atoms with Crippen molar-refractivity contribution in [1.29, 1.82) is 0 Å². The van der Waals surface area contributed by atoms with Gasteiger partial charge in [-0.1, -0.05) is 73.7 Å². The second-order valence-corrected chi connectivity index (χ2v) is 9.24. The van der Waals surface area contributed by atoms with E-state index >= 15 is 8.78 Å². The molecule has 0 unspecified atom stereocenters. The van der Waals surface area contributed by atoms with Crippen molar-refractivity contribution in [3.63, 3.8) is 0 Å². The molecule has 0 spiro atoms. The first-order valence-corrected chi connectivity index (χ1v) is 12.3.